The fourth-order valence-corrected chi connectivity index (χ4v) is 5.23. The molecule has 1 aromatic carbocycles. The van der Waals surface area contributed by atoms with Gasteiger partial charge >= 0.3 is 12.4 Å². The number of nitrogens with zero attached hydrogens (tertiary/aromatic N) is 1. The third-order valence-electron chi connectivity index (χ3n) is 6.07. The number of ether oxygens (including phenoxy) is 2. The Kier molecular flexibility index (Phi) is 8.35. The summed E-state index contributed by atoms with van der Waals surface area (Å²) in [6.07, 6.45) is -9.02. The van der Waals surface area contributed by atoms with E-state index in [0.717, 1.165) is 22.7 Å². The highest BCUT2D eigenvalue weighted by Gasteiger charge is 2.75. The summed E-state index contributed by atoms with van der Waals surface area (Å²) in [4.78, 5) is 24.5. The molecule has 0 bridgehead atoms. The van der Waals surface area contributed by atoms with E-state index in [4.69, 9.17) is 4.74 Å². The lowest BCUT2D eigenvalue weighted by atomic mass is 9.84. The Morgan fingerprint density at radius 2 is 1.71 bits per heavy atom. The zero-order valence-corrected chi connectivity index (χ0v) is 20.2. The highest BCUT2D eigenvalue weighted by molar-refractivity contribution is 8.14. The first kappa shape index (κ1) is 27.6. The van der Waals surface area contributed by atoms with E-state index in [0.29, 0.717) is 37.0 Å². The van der Waals surface area contributed by atoms with E-state index in [1.165, 1.54) is 0 Å². The molecule has 0 radical (unpaired) electrons. The van der Waals surface area contributed by atoms with Gasteiger partial charge in [-0.1, -0.05) is 38.5 Å². The topological polar surface area (TPSA) is 55.8 Å². The fourth-order valence-electron chi connectivity index (χ4n) is 4.48. The zero-order valence-electron chi connectivity index (χ0n) is 19.4. The molecule has 0 unspecified atom stereocenters. The summed E-state index contributed by atoms with van der Waals surface area (Å²) >= 11 is 0.938. The van der Waals surface area contributed by atoms with Gasteiger partial charge in [0.1, 0.15) is 5.75 Å². The van der Waals surface area contributed by atoms with Crippen LogP contribution >= 0.6 is 11.8 Å². The van der Waals surface area contributed by atoms with E-state index >= 15 is 0 Å². The molecule has 196 valence electrons. The van der Waals surface area contributed by atoms with Crippen molar-refractivity contribution in [2.75, 3.05) is 18.9 Å². The van der Waals surface area contributed by atoms with Crippen molar-refractivity contribution in [3.05, 3.63) is 28.3 Å². The summed E-state index contributed by atoms with van der Waals surface area (Å²) in [5.74, 6) is 0.165. The van der Waals surface area contributed by atoms with Crippen molar-refractivity contribution < 1.29 is 45.4 Å². The second-order valence-corrected chi connectivity index (χ2v) is 9.42. The molecule has 2 amide bonds. The van der Waals surface area contributed by atoms with E-state index in [9.17, 15) is 35.9 Å². The van der Waals surface area contributed by atoms with E-state index < -0.39 is 30.1 Å². The monoisotopic (exact) mass is 527 g/mol. The minimum atomic E-state index is -5.69. The van der Waals surface area contributed by atoms with Crippen LogP contribution < -0.4 is 4.74 Å². The Morgan fingerprint density at radius 3 is 2.26 bits per heavy atom. The molecule has 0 N–H and O–H groups in total. The third kappa shape index (κ3) is 5.14. The van der Waals surface area contributed by atoms with Crippen molar-refractivity contribution in [2.45, 2.75) is 76.9 Å². The van der Waals surface area contributed by atoms with Crippen LogP contribution in [0.5, 0.6) is 5.75 Å². The maximum atomic E-state index is 13.9. The van der Waals surface area contributed by atoms with Gasteiger partial charge in [0.15, 0.2) is 0 Å². The summed E-state index contributed by atoms with van der Waals surface area (Å²) in [6, 6.07) is 0.945. The molecule has 2 aliphatic rings. The molecule has 2 heterocycles. The Hall–Kier alpha value is -1.95. The van der Waals surface area contributed by atoms with Crippen LogP contribution in [-0.4, -0.2) is 47.3 Å². The van der Waals surface area contributed by atoms with E-state index in [2.05, 4.69) is 4.74 Å². The number of amides is 2. The van der Waals surface area contributed by atoms with Gasteiger partial charge in [0.2, 0.25) is 5.91 Å². The molecular formula is C23H27F6NO4S. The molecule has 2 aliphatic heterocycles. The standard InChI is InChI=1S/C23H27F6NO4S/c1-3-7-14-11-17-16(12-34-21(17,22(24,25)26)23(27,28)29)15(8-4-2)19(14)33-10-6-5-9-30-18(31)13-35-20(30)32/h11H,3-10,12-13H2,1-2H3. The van der Waals surface area contributed by atoms with Gasteiger partial charge in [-0.25, -0.2) is 0 Å². The van der Waals surface area contributed by atoms with Crippen LogP contribution in [0.25, 0.3) is 0 Å². The number of alkyl halides is 6. The number of rotatable bonds is 10. The maximum Gasteiger partial charge on any atom is 0.430 e. The average molecular weight is 528 g/mol. The first-order valence-corrected chi connectivity index (χ1v) is 12.4. The first-order valence-electron chi connectivity index (χ1n) is 11.4. The molecule has 1 aromatic rings. The molecule has 0 aromatic heterocycles. The minimum Gasteiger partial charge on any atom is -0.493 e. The molecule has 0 atom stereocenters. The second kappa shape index (κ2) is 10.6. The number of carbonyl (C=O) groups is 2. The molecule has 1 saturated heterocycles. The van der Waals surface area contributed by atoms with Gasteiger partial charge in [-0.05, 0) is 42.9 Å². The van der Waals surface area contributed by atoms with Gasteiger partial charge in [-0.15, -0.1) is 0 Å². The quantitative estimate of drug-likeness (QED) is 0.264. The molecule has 0 aliphatic carbocycles. The smallest absolute Gasteiger partial charge is 0.430 e. The maximum absolute atomic E-state index is 13.9. The lowest BCUT2D eigenvalue weighted by molar-refractivity contribution is -0.385. The van der Waals surface area contributed by atoms with Crippen LogP contribution in [0.3, 0.4) is 0 Å². The van der Waals surface area contributed by atoms with Gasteiger partial charge in [0.25, 0.3) is 10.8 Å². The van der Waals surface area contributed by atoms with Gasteiger partial charge in [0, 0.05) is 17.7 Å². The normalized spacial score (nSPS) is 17.9. The Bertz CT molecular complexity index is 933. The number of unbranched alkanes of at least 4 members (excludes halogenated alkanes) is 1. The summed E-state index contributed by atoms with van der Waals surface area (Å²) < 4.78 is 93.7. The van der Waals surface area contributed by atoms with Gasteiger partial charge in [-0.2, -0.15) is 26.3 Å². The van der Waals surface area contributed by atoms with Crippen LogP contribution in [0.1, 0.15) is 61.8 Å². The average Bonchev–Trinajstić information content (AvgIpc) is 3.30. The highest BCUT2D eigenvalue weighted by atomic mass is 32.2. The number of hydrogen-bond acceptors (Lipinski definition) is 5. The molecule has 1 fully saturated rings. The number of benzene rings is 1. The third-order valence-corrected chi connectivity index (χ3v) is 6.93. The lowest BCUT2D eigenvalue weighted by Gasteiger charge is -2.34. The van der Waals surface area contributed by atoms with Crippen LogP contribution in [0.4, 0.5) is 31.1 Å². The SMILES string of the molecule is CCCc1cc2c(c(CCC)c1OCCCCN1C(=O)CSC1=O)COC2(C(F)(F)F)C(F)(F)F. The number of imide groups is 1. The van der Waals surface area contributed by atoms with E-state index in [1.807, 2.05) is 0 Å². The molecular weight excluding hydrogens is 500 g/mol. The van der Waals surface area contributed by atoms with Crippen LogP contribution in [0.2, 0.25) is 0 Å². The number of fused-ring (bicyclic) bond motifs is 1. The number of halogens is 6. The zero-order chi connectivity index (χ0) is 26.0. The number of aryl methyl sites for hydroxylation is 1. The van der Waals surface area contributed by atoms with Crippen molar-refractivity contribution in [3.63, 3.8) is 0 Å². The largest absolute Gasteiger partial charge is 0.493 e. The van der Waals surface area contributed by atoms with Gasteiger partial charge in [0.05, 0.1) is 19.0 Å². The van der Waals surface area contributed by atoms with E-state index in [1.54, 1.807) is 13.8 Å². The number of carbonyl (C=O) groups excluding carboxylic acids is 2. The molecule has 12 heteroatoms. The summed E-state index contributed by atoms with van der Waals surface area (Å²) in [5.41, 5.74) is -4.81. The molecule has 5 nitrogen and oxygen atoms in total. The molecule has 0 spiro atoms. The van der Waals surface area contributed by atoms with Crippen LogP contribution in [-0.2, 0) is 34.6 Å². The Balaban J connectivity index is 1.90. The van der Waals surface area contributed by atoms with Crippen molar-refractivity contribution in [3.8, 4) is 5.75 Å². The van der Waals surface area contributed by atoms with Crippen molar-refractivity contribution >= 4 is 22.9 Å². The first-order chi connectivity index (χ1) is 16.4. The predicted octanol–water partition coefficient (Wildman–Crippen LogP) is 6.30. The number of hydrogen-bond donors (Lipinski definition) is 0. The predicted molar refractivity (Wildman–Crippen MR) is 117 cm³/mol. The fraction of sp³-hybridized carbons (Fsp3) is 0.652. The summed E-state index contributed by atoms with van der Waals surface area (Å²) in [6.45, 7) is 3.11. The van der Waals surface area contributed by atoms with Crippen molar-refractivity contribution in [1.29, 1.82) is 0 Å². The lowest BCUT2D eigenvalue weighted by Crippen LogP contribution is -2.53. The van der Waals surface area contributed by atoms with Crippen molar-refractivity contribution in [1.82, 2.24) is 4.90 Å². The summed E-state index contributed by atoms with van der Waals surface area (Å²) in [7, 11) is 0. The second-order valence-electron chi connectivity index (χ2n) is 8.49. The Morgan fingerprint density at radius 1 is 1.06 bits per heavy atom. The molecule has 0 saturated carbocycles. The van der Waals surface area contributed by atoms with Crippen molar-refractivity contribution in [2.24, 2.45) is 0 Å². The van der Waals surface area contributed by atoms with Gasteiger partial charge in [-0.3, -0.25) is 14.5 Å². The van der Waals surface area contributed by atoms with Crippen LogP contribution in [0, 0.1) is 0 Å². The molecule has 35 heavy (non-hydrogen) atoms. The highest BCUT2D eigenvalue weighted by Crippen LogP contribution is 2.58. The van der Waals surface area contributed by atoms with Crippen LogP contribution in [0.15, 0.2) is 6.07 Å². The minimum absolute atomic E-state index is 0.116. The summed E-state index contributed by atoms with van der Waals surface area (Å²) in [5, 5.41) is -0.303. The number of thioether (sulfide) groups is 1. The Labute approximate surface area is 203 Å². The van der Waals surface area contributed by atoms with Gasteiger partial charge < -0.3 is 9.47 Å². The molecule has 3 rings (SSSR count). The van der Waals surface area contributed by atoms with E-state index in [-0.39, 0.29) is 54.0 Å².